The third-order valence-electron chi connectivity index (χ3n) is 6.94. The average Bonchev–Trinajstić information content (AvgIpc) is 2.94. The van der Waals surface area contributed by atoms with Gasteiger partial charge in [-0.05, 0) is 44.1 Å². The summed E-state index contributed by atoms with van der Waals surface area (Å²) >= 11 is 0. The molecule has 0 unspecified atom stereocenters. The average molecular weight is 348 g/mol. The second kappa shape index (κ2) is 5.77. The van der Waals surface area contributed by atoms with E-state index >= 15 is 0 Å². The van der Waals surface area contributed by atoms with Gasteiger partial charge in [0, 0.05) is 18.4 Å². The fraction of sp³-hybridized carbons (Fsp3) is 0.762. The third kappa shape index (κ3) is 2.73. The van der Waals surface area contributed by atoms with Crippen LogP contribution in [0.25, 0.3) is 0 Å². The Labute approximate surface area is 151 Å². The molecule has 0 bridgehead atoms. The predicted molar refractivity (Wildman–Crippen MR) is 96.9 cm³/mol. The van der Waals surface area contributed by atoms with Crippen molar-refractivity contribution in [3.05, 3.63) is 23.8 Å². The van der Waals surface area contributed by atoms with Crippen LogP contribution in [0.1, 0.15) is 47.5 Å². The summed E-state index contributed by atoms with van der Waals surface area (Å²) in [6.45, 7) is 9.85. The Morgan fingerprint density at radius 2 is 1.84 bits per heavy atom. The number of fused-ring (bicyclic) bond motifs is 2. The molecule has 3 aliphatic rings. The zero-order valence-electron chi connectivity index (χ0n) is 16.2. The highest BCUT2D eigenvalue weighted by molar-refractivity contribution is 5.93. The summed E-state index contributed by atoms with van der Waals surface area (Å²) in [7, 11) is 1.68. The number of methoxy groups -OCH3 is 1. The van der Waals surface area contributed by atoms with Gasteiger partial charge >= 0.3 is 0 Å². The first-order valence-electron chi connectivity index (χ1n) is 9.35. The maximum absolute atomic E-state index is 13.6. The normalized spacial score (nSPS) is 51.1. The minimum atomic E-state index is -1.29. The molecule has 3 aliphatic carbocycles. The molecule has 0 aromatic carbocycles. The topological polar surface area (TPSA) is 66.8 Å². The van der Waals surface area contributed by atoms with Gasteiger partial charge in [-0.25, -0.2) is 0 Å². The fourth-order valence-corrected chi connectivity index (χ4v) is 5.47. The Hall–Kier alpha value is -0.970. The van der Waals surface area contributed by atoms with Crippen LogP contribution in [0.5, 0.6) is 0 Å². The maximum Gasteiger partial charge on any atom is 0.150 e. The van der Waals surface area contributed by atoms with E-state index in [4.69, 9.17) is 4.74 Å². The van der Waals surface area contributed by atoms with Gasteiger partial charge in [0.25, 0.3) is 0 Å². The lowest BCUT2D eigenvalue weighted by molar-refractivity contribution is -0.131. The zero-order valence-corrected chi connectivity index (χ0v) is 16.2. The monoisotopic (exact) mass is 348 g/mol. The highest BCUT2D eigenvalue weighted by Crippen LogP contribution is 2.55. The van der Waals surface area contributed by atoms with E-state index < -0.39 is 17.1 Å². The number of hydrogen-bond acceptors (Lipinski definition) is 4. The predicted octanol–water partition coefficient (Wildman–Crippen LogP) is 2.89. The molecule has 0 heterocycles. The van der Waals surface area contributed by atoms with Crippen molar-refractivity contribution >= 4 is 5.78 Å². The number of hydrogen-bond donors (Lipinski definition) is 2. The summed E-state index contributed by atoms with van der Waals surface area (Å²) in [5.74, 6) is 0.204. The molecule has 0 spiro atoms. The molecule has 25 heavy (non-hydrogen) atoms. The molecule has 140 valence electrons. The molecule has 1 fully saturated rings. The fourth-order valence-electron chi connectivity index (χ4n) is 5.47. The summed E-state index contributed by atoms with van der Waals surface area (Å²) in [4.78, 5) is 13.6. The molecule has 1 saturated carbocycles. The smallest absolute Gasteiger partial charge is 0.150 e. The molecule has 0 saturated heterocycles. The molecular weight excluding hydrogens is 316 g/mol. The zero-order chi connectivity index (χ0) is 18.8. The van der Waals surface area contributed by atoms with Crippen molar-refractivity contribution in [3.63, 3.8) is 0 Å². The standard InChI is InChI=1S/C21H32O4/c1-12-9-13-14(17(12)25-6)11-21(5,24)16(22)10-15-19(2,3)7-8-20(15,4)18(13)23/h7-8,10,12-14,16-17,22,24H,9,11H2,1-6H3/b15-10-/t12-,13+,14+,16+,17+,20-,21+/m1/s1. The van der Waals surface area contributed by atoms with Crippen molar-refractivity contribution in [2.24, 2.45) is 28.6 Å². The van der Waals surface area contributed by atoms with Gasteiger partial charge in [-0.3, -0.25) is 4.79 Å². The van der Waals surface area contributed by atoms with E-state index in [0.717, 1.165) is 12.0 Å². The molecule has 3 rings (SSSR count). The largest absolute Gasteiger partial charge is 0.387 e. The molecule has 0 aromatic rings. The Bertz CT molecular complexity index is 630. The van der Waals surface area contributed by atoms with Crippen molar-refractivity contribution in [1.82, 2.24) is 0 Å². The maximum atomic E-state index is 13.6. The molecule has 0 aromatic heterocycles. The Kier molecular flexibility index (Phi) is 4.34. The lowest BCUT2D eigenvalue weighted by Gasteiger charge is -2.34. The quantitative estimate of drug-likeness (QED) is 0.715. The van der Waals surface area contributed by atoms with E-state index in [1.165, 1.54) is 0 Å². The van der Waals surface area contributed by atoms with Gasteiger partial charge in [0.2, 0.25) is 0 Å². The Morgan fingerprint density at radius 1 is 1.20 bits per heavy atom. The van der Waals surface area contributed by atoms with Gasteiger partial charge in [-0.15, -0.1) is 0 Å². The van der Waals surface area contributed by atoms with Crippen LogP contribution in [0.15, 0.2) is 23.8 Å². The van der Waals surface area contributed by atoms with Crippen LogP contribution in [0, 0.1) is 28.6 Å². The van der Waals surface area contributed by atoms with Crippen molar-refractivity contribution in [1.29, 1.82) is 0 Å². The first-order valence-corrected chi connectivity index (χ1v) is 9.35. The summed E-state index contributed by atoms with van der Waals surface area (Å²) in [6, 6.07) is 0. The number of Topliss-reactive ketones (excluding diaryl/α,β-unsaturated/α-hetero) is 1. The van der Waals surface area contributed by atoms with Crippen LogP contribution in [0.4, 0.5) is 0 Å². The van der Waals surface area contributed by atoms with Crippen molar-refractivity contribution in [2.75, 3.05) is 7.11 Å². The van der Waals surface area contributed by atoms with Gasteiger partial charge in [-0.2, -0.15) is 0 Å². The number of carbonyl (C=O) groups excluding carboxylic acids is 1. The van der Waals surface area contributed by atoms with Gasteiger partial charge in [0.1, 0.15) is 11.9 Å². The van der Waals surface area contributed by atoms with Crippen LogP contribution in [0.2, 0.25) is 0 Å². The number of ether oxygens (including phenoxy) is 1. The van der Waals surface area contributed by atoms with E-state index in [9.17, 15) is 15.0 Å². The summed E-state index contributed by atoms with van der Waals surface area (Å²) < 4.78 is 5.71. The Morgan fingerprint density at radius 3 is 2.44 bits per heavy atom. The van der Waals surface area contributed by atoms with Gasteiger partial charge < -0.3 is 14.9 Å². The van der Waals surface area contributed by atoms with Crippen molar-refractivity contribution in [2.45, 2.75) is 65.3 Å². The highest BCUT2D eigenvalue weighted by atomic mass is 16.5. The number of aliphatic hydroxyl groups excluding tert-OH is 1. The molecule has 2 N–H and O–H groups in total. The Balaban J connectivity index is 2.15. The van der Waals surface area contributed by atoms with Gasteiger partial charge in [0.05, 0.1) is 17.1 Å². The van der Waals surface area contributed by atoms with Crippen LogP contribution >= 0.6 is 0 Å². The lowest BCUT2D eigenvalue weighted by atomic mass is 9.68. The number of aliphatic hydroxyl groups is 2. The minimum absolute atomic E-state index is 0.0730. The molecule has 0 radical (unpaired) electrons. The molecule has 0 aliphatic heterocycles. The van der Waals surface area contributed by atoms with Crippen LogP contribution in [-0.2, 0) is 9.53 Å². The third-order valence-corrected chi connectivity index (χ3v) is 6.94. The number of carbonyl (C=O) groups is 1. The molecule has 4 nitrogen and oxygen atoms in total. The van der Waals surface area contributed by atoms with Crippen molar-refractivity contribution in [3.8, 4) is 0 Å². The second-order valence-electron chi connectivity index (χ2n) is 9.39. The lowest BCUT2D eigenvalue weighted by Crippen LogP contribution is -2.43. The first kappa shape index (κ1) is 18.8. The summed E-state index contributed by atoms with van der Waals surface area (Å²) in [5, 5.41) is 21.8. The van der Waals surface area contributed by atoms with E-state index in [0.29, 0.717) is 6.42 Å². The molecule has 7 atom stereocenters. The van der Waals surface area contributed by atoms with Gasteiger partial charge in [-0.1, -0.05) is 39.0 Å². The second-order valence-corrected chi connectivity index (χ2v) is 9.39. The minimum Gasteiger partial charge on any atom is -0.387 e. The highest BCUT2D eigenvalue weighted by Gasteiger charge is 2.56. The van der Waals surface area contributed by atoms with E-state index in [1.54, 1.807) is 20.1 Å². The number of ketones is 1. The van der Waals surface area contributed by atoms with Crippen molar-refractivity contribution < 1.29 is 19.7 Å². The van der Waals surface area contributed by atoms with Gasteiger partial charge in [0.15, 0.2) is 0 Å². The first-order chi connectivity index (χ1) is 11.4. The SMILES string of the molecule is CO[C@@H]1[C@H]2C[C@](C)(O)[C@@H](O)/C=C3/C(C)(C)C=C[C@@]3(C)C(=O)[C@H]2C[C@H]1C. The van der Waals surface area contributed by atoms with E-state index in [1.807, 2.05) is 13.0 Å². The molecular formula is C21H32O4. The summed E-state index contributed by atoms with van der Waals surface area (Å²) in [5.41, 5.74) is -1.43. The van der Waals surface area contributed by atoms with E-state index in [2.05, 4.69) is 26.8 Å². The summed E-state index contributed by atoms with van der Waals surface area (Å²) in [6.07, 6.45) is 5.82. The van der Waals surface area contributed by atoms with Crippen LogP contribution in [0.3, 0.4) is 0 Å². The molecule has 0 amide bonds. The number of rotatable bonds is 1. The van der Waals surface area contributed by atoms with Crippen LogP contribution < -0.4 is 0 Å². The number of allylic oxidation sites excluding steroid dienone is 3. The van der Waals surface area contributed by atoms with Crippen LogP contribution in [-0.4, -0.2) is 40.9 Å². The van der Waals surface area contributed by atoms with E-state index in [-0.39, 0.29) is 35.1 Å². The molecule has 4 heteroatoms.